The third-order valence-electron chi connectivity index (χ3n) is 2.59. The summed E-state index contributed by atoms with van der Waals surface area (Å²) in [6.07, 6.45) is 1.81. The van der Waals surface area contributed by atoms with E-state index in [4.69, 9.17) is 17.3 Å². The van der Waals surface area contributed by atoms with E-state index in [1.165, 1.54) is 0 Å². The first-order chi connectivity index (χ1) is 7.60. The van der Waals surface area contributed by atoms with E-state index in [2.05, 4.69) is 5.32 Å². The van der Waals surface area contributed by atoms with Crippen LogP contribution in [0, 0.1) is 0 Å². The summed E-state index contributed by atoms with van der Waals surface area (Å²) in [6.45, 7) is 4.07. The molecule has 3 nitrogen and oxygen atoms in total. The van der Waals surface area contributed by atoms with Gasteiger partial charge in [0.2, 0.25) is 0 Å². The Morgan fingerprint density at radius 3 is 2.62 bits per heavy atom. The zero-order valence-electron chi connectivity index (χ0n) is 9.59. The first-order valence-electron chi connectivity index (χ1n) is 5.45. The minimum atomic E-state index is -0.161. The Balaban J connectivity index is 2.84. The minimum absolute atomic E-state index is 0.161. The molecule has 0 heterocycles. The van der Waals surface area contributed by atoms with Crippen LogP contribution in [0.15, 0.2) is 18.2 Å². The van der Waals surface area contributed by atoms with Crippen LogP contribution < -0.4 is 11.1 Å². The lowest BCUT2D eigenvalue weighted by atomic mass is 10.1. The van der Waals surface area contributed by atoms with Crippen molar-refractivity contribution in [1.29, 1.82) is 0 Å². The Hall–Kier alpha value is -1.22. The van der Waals surface area contributed by atoms with Crippen molar-refractivity contribution in [3.05, 3.63) is 28.8 Å². The van der Waals surface area contributed by atoms with E-state index in [1.54, 1.807) is 18.2 Å². The fraction of sp³-hybridized carbons (Fsp3) is 0.417. The van der Waals surface area contributed by atoms with E-state index in [1.807, 2.05) is 13.8 Å². The number of carbonyl (C=O) groups is 1. The molecule has 0 spiro atoms. The van der Waals surface area contributed by atoms with Gasteiger partial charge in [-0.15, -0.1) is 0 Å². The molecule has 0 aromatic heterocycles. The Labute approximate surface area is 101 Å². The molecule has 0 saturated heterocycles. The Morgan fingerprint density at radius 2 is 2.06 bits per heavy atom. The van der Waals surface area contributed by atoms with E-state index in [-0.39, 0.29) is 11.9 Å². The average molecular weight is 241 g/mol. The van der Waals surface area contributed by atoms with E-state index >= 15 is 0 Å². The zero-order chi connectivity index (χ0) is 12.1. The number of nitrogens with two attached hydrogens (primary N) is 1. The number of halogens is 1. The van der Waals surface area contributed by atoms with Crippen LogP contribution in [0.1, 0.15) is 37.0 Å². The third kappa shape index (κ3) is 2.89. The number of carbonyl (C=O) groups excluding carboxylic acids is 1. The van der Waals surface area contributed by atoms with Gasteiger partial charge in [0.15, 0.2) is 0 Å². The molecule has 0 atom stereocenters. The fourth-order valence-corrected chi connectivity index (χ4v) is 1.69. The highest BCUT2D eigenvalue weighted by Gasteiger charge is 2.14. The highest BCUT2D eigenvalue weighted by Crippen LogP contribution is 2.23. The number of rotatable bonds is 4. The number of hydrogen-bond donors (Lipinski definition) is 2. The lowest BCUT2D eigenvalue weighted by molar-refractivity contribution is 0.0935. The molecule has 0 saturated carbocycles. The smallest absolute Gasteiger partial charge is 0.253 e. The lowest BCUT2D eigenvalue weighted by Crippen LogP contribution is -2.34. The summed E-state index contributed by atoms with van der Waals surface area (Å²) >= 11 is 5.97. The third-order valence-corrected chi connectivity index (χ3v) is 3.02. The lowest BCUT2D eigenvalue weighted by Gasteiger charge is -2.15. The molecule has 1 rings (SSSR count). The first kappa shape index (κ1) is 12.8. The average Bonchev–Trinajstić information content (AvgIpc) is 2.29. The van der Waals surface area contributed by atoms with Gasteiger partial charge in [-0.1, -0.05) is 31.5 Å². The van der Waals surface area contributed by atoms with Gasteiger partial charge >= 0.3 is 0 Å². The van der Waals surface area contributed by atoms with Crippen LogP contribution >= 0.6 is 11.6 Å². The molecular weight excluding hydrogens is 224 g/mol. The Morgan fingerprint density at radius 1 is 1.44 bits per heavy atom. The monoisotopic (exact) mass is 240 g/mol. The second kappa shape index (κ2) is 5.75. The zero-order valence-corrected chi connectivity index (χ0v) is 10.3. The van der Waals surface area contributed by atoms with Gasteiger partial charge in [0, 0.05) is 6.04 Å². The van der Waals surface area contributed by atoms with Gasteiger partial charge in [0.25, 0.3) is 5.91 Å². The van der Waals surface area contributed by atoms with Gasteiger partial charge in [-0.3, -0.25) is 4.79 Å². The molecule has 0 radical (unpaired) electrons. The highest BCUT2D eigenvalue weighted by molar-refractivity contribution is 6.36. The largest absolute Gasteiger partial charge is 0.398 e. The molecule has 0 aliphatic heterocycles. The summed E-state index contributed by atoms with van der Waals surface area (Å²) in [6, 6.07) is 5.26. The quantitative estimate of drug-likeness (QED) is 0.796. The van der Waals surface area contributed by atoms with Crippen molar-refractivity contribution in [2.75, 3.05) is 5.73 Å². The van der Waals surface area contributed by atoms with Crippen molar-refractivity contribution in [2.24, 2.45) is 0 Å². The second-order valence-electron chi connectivity index (χ2n) is 3.70. The SMILES string of the molecule is CCC(CC)NC(=O)c1cccc(N)c1Cl. The van der Waals surface area contributed by atoms with Crippen molar-refractivity contribution in [3.8, 4) is 0 Å². The van der Waals surface area contributed by atoms with Gasteiger partial charge in [0.1, 0.15) is 0 Å². The molecule has 1 amide bonds. The summed E-state index contributed by atoms with van der Waals surface area (Å²) < 4.78 is 0. The minimum Gasteiger partial charge on any atom is -0.398 e. The molecule has 4 heteroatoms. The van der Waals surface area contributed by atoms with Gasteiger partial charge in [-0.05, 0) is 25.0 Å². The van der Waals surface area contributed by atoms with Crippen molar-refractivity contribution < 1.29 is 4.79 Å². The first-order valence-corrected chi connectivity index (χ1v) is 5.82. The number of hydrogen-bond acceptors (Lipinski definition) is 2. The van der Waals surface area contributed by atoms with Crippen LogP contribution in [-0.2, 0) is 0 Å². The molecule has 1 aromatic rings. The number of nitrogens with one attached hydrogen (secondary N) is 1. The summed E-state index contributed by atoms with van der Waals surface area (Å²) in [5.74, 6) is -0.161. The molecular formula is C12H17ClN2O. The summed E-state index contributed by atoms with van der Waals surface area (Å²) in [7, 11) is 0. The molecule has 0 unspecified atom stereocenters. The topological polar surface area (TPSA) is 55.1 Å². The van der Waals surface area contributed by atoms with E-state index in [9.17, 15) is 4.79 Å². The Bertz CT molecular complexity index is 375. The fourth-order valence-electron chi connectivity index (χ4n) is 1.48. The van der Waals surface area contributed by atoms with Gasteiger partial charge in [-0.25, -0.2) is 0 Å². The standard InChI is InChI=1S/C12H17ClN2O/c1-3-8(4-2)15-12(16)9-6-5-7-10(14)11(9)13/h5-8H,3-4,14H2,1-2H3,(H,15,16). The van der Waals surface area contributed by atoms with Crippen molar-refractivity contribution in [1.82, 2.24) is 5.32 Å². The van der Waals surface area contributed by atoms with Crippen LogP contribution in [-0.4, -0.2) is 11.9 Å². The van der Waals surface area contributed by atoms with Crippen LogP contribution in [0.4, 0.5) is 5.69 Å². The molecule has 1 aromatic carbocycles. The van der Waals surface area contributed by atoms with Crippen LogP contribution in [0.3, 0.4) is 0 Å². The second-order valence-corrected chi connectivity index (χ2v) is 4.07. The van der Waals surface area contributed by atoms with Crippen molar-refractivity contribution >= 4 is 23.2 Å². The van der Waals surface area contributed by atoms with Crippen LogP contribution in [0.25, 0.3) is 0 Å². The Kier molecular flexibility index (Phi) is 4.62. The van der Waals surface area contributed by atoms with Gasteiger partial charge in [0.05, 0.1) is 16.3 Å². The maximum absolute atomic E-state index is 11.9. The molecule has 88 valence electrons. The molecule has 16 heavy (non-hydrogen) atoms. The van der Waals surface area contributed by atoms with E-state index < -0.39 is 0 Å². The predicted octanol–water partition coefficient (Wildman–Crippen LogP) is 2.84. The molecule has 0 aliphatic carbocycles. The number of amides is 1. The maximum Gasteiger partial charge on any atom is 0.253 e. The normalized spacial score (nSPS) is 10.5. The van der Waals surface area contributed by atoms with Crippen LogP contribution in [0.2, 0.25) is 5.02 Å². The summed E-state index contributed by atoms with van der Waals surface area (Å²) in [5.41, 5.74) is 6.51. The molecule has 0 bridgehead atoms. The summed E-state index contributed by atoms with van der Waals surface area (Å²) in [4.78, 5) is 11.9. The molecule has 0 aliphatic rings. The van der Waals surface area contributed by atoms with Gasteiger partial charge in [-0.2, -0.15) is 0 Å². The van der Waals surface area contributed by atoms with Crippen molar-refractivity contribution in [3.63, 3.8) is 0 Å². The van der Waals surface area contributed by atoms with Crippen molar-refractivity contribution in [2.45, 2.75) is 32.7 Å². The van der Waals surface area contributed by atoms with E-state index in [0.29, 0.717) is 16.3 Å². The number of benzene rings is 1. The maximum atomic E-state index is 11.9. The number of nitrogen functional groups attached to an aromatic ring is 1. The van der Waals surface area contributed by atoms with E-state index in [0.717, 1.165) is 12.8 Å². The van der Waals surface area contributed by atoms with Crippen LogP contribution in [0.5, 0.6) is 0 Å². The summed E-state index contributed by atoms with van der Waals surface area (Å²) in [5, 5.41) is 3.25. The highest BCUT2D eigenvalue weighted by atomic mass is 35.5. The predicted molar refractivity (Wildman–Crippen MR) is 67.7 cm³/mol. The molecule has 0 fully saturated rings. The van der Waals surface area contributed by atoms with Gasteiger partial charge < -0.3 is 11.1 Å². The number of anilines is 1. The molecule has 3 N–H and O–H groups in total.